The summed E-state index contributed by atoms with van der Waals surface area (Å²) in [5, 5.41) is 10.5. The third-order valence-corrected chi connectivity index (χ3v) is 15.2. The number of phosphoric acid groups is 2. The monoisotopic (exact) mass is 1140 g/mol. The lowest BCUT2D eigenvalue weighted by Crippen LogP contribution is -2.30. The maximum absolute atomic E-state index is 12.9. The molecule has 19 heteroatoms. The Morgan fingerprint density at radius 3 is 0.883 bits per heavy atom. The molecule has 77 heavy (non-hydrogen) atoms. The van der Waals surface area contributed by atoms with Crippen molar-refractivity contribution >= 4 is 39.5 Å². The van der Waals surface area contributed by atoms with Crippen LogP contribution in [0.5, 0.6) is 0 Å². The number of aliphatic hydroxyl groups is 1. The van der Waals surface area contributed by atoms with Crippen LogP contribution in [0, 0.1) is 5.92 Å². The minimum atomic E-state index is -4.93. The number of phosphoric ester groups is 2. The zero-order valence-corrected chi connectivity index (χ0v) is 50.9. The number of ether oxygens (including phenoxy) is 4. The van der Waals surface area contributed by atoms with Crippen molar-refractivity contribution in [2.45, 2.75) is 303 Å². The molecule has 0 amide bonds. The van der Waals surface area contributed by atoms with Gasteiger partial charge in [-0.05, 0) is 31.6 Å². The number of hydrogen-bond acceptors (Lipinski definition) is 15. The average Bonchev–Trinajstić information content (AvgIpc) is 3.39. The summed E-state index contributed by atoms with van der Waals surface area (Å²) in [6.45, 7) is 7.02. The van der Waals surface area contributed by atoms with Crippen molar-refractivity contribution in [3.8, 4) is 0 Å². The van der Waals surface area contributed by atoms with Crippen LogP contribution in [0.1, 0.15) is 285 Å². The molecule has 0 aliphatic rings. The van der Waals surface area contributed by atoms with Gasteiger partial charge in [-0.25, -0.2) is 9.13 Å². The lowest BCUT2D eigenvalue weighted by molar-refractivity contribution is -0.161. The second-order valence-electron chi connectivity index (χ2n) is 21.5. The molecule has 0 aromatic heterocycles. The van der Waals surface area contributed by atoms with Crippen molar-refractivity contribution in [2.24, 2.45) is 5.92 Å². The number of rotatable bonds is 58. The average molecular weight is 1140 g/mol. The van der Waals surface area contributed by atoms with Crippen molar-refractivity contribution < 1.29 is 80.2 Å². The first-order valence-electron chi connectivity index (χ1n) is 30.6. The van der Waals surface area contributed by atoms with Gasteiger partial charge in [0.1, 0.15) is 19.3 Å². The van der Waals surface area contributed by atoms with Gasteiger partial charge in [0.05, 0.1) is 26.4 Å². The number of aliphatic hydroxyl groups excluding tert-OH is 1. The van der Waals surface area contributed by atoms with Gasteiger partial charge in [-0.3, -0.25) is 37.3 Å². The third kappa shape index (κ3) is 53.2. The van der Waals surface area contributed by atoms with E-state index >= 15 is 0 Å². The molecule has 0 aliphatic heterocycles. The predicted octanol–water partition coefficient (Wildman–Crippen LogP) is 15.5. The Labute approximate surface area is 467 Å². The Morgan fingerprint density at radius 1 is 0.351 bits per heavy atom. The highest BCUT2D eigenvalue weighted by atomic mass is 31.2. The fourth-order valence-corrected chi connectivity index (χ4v) is 10.1. The quantitative estimate of drug-likeness (QED) is 0.0222. The highest BCUT2D eigenvalue weighted by Gasteiger charge is 2.30. The van der Waals surface area contributed by atoms with Crippen LogP contribution in [0.4, 0.5) is 0 Å². The first-order chi connectivity index (χ1) is 37.0. The number of esters is 4. The maximum atomic E-state index is 12.9. The zero-order valence-electron chi connectivity index (χ0n) is 49.1. The van der Waals surface area contributed by atoms with E-state index in [4.69, 9.17) is 37.0 Å². The molecule has 0 fully saturated rings. The third-order valence-electron chi connectivity index (χ3n) is 13.3. The van der Waals surface area contributed by atoms with Crippen molar-refractivity contribution in [3.63, 3.8) is 0 Å². The zero-order chi connectivity index (χ0) is 57.1. The molecule has 5 atom stereocenters. The minimum Gasteiger partial charge on any atom is -0.462 e. The van der Waals surface area contributed by atoms with E-state index < -0.39 is 97.5 Å². The topological polar surface area (TPSA) is 237 Å². The van der Waals surface area contributed by atoms with Crippen LogP contribution in [0.25, 0.3) is 0 Å². The fraction of sp³-hybridized carbons (Fsp3) is 0.931. The van der Waals surface area contributed by atoms with Gasteiger partial charge in [-0.2, -0.15) is 0 Å². The van der Waals surface area contributed by atoms with Crippen molar-refractivity contribution in [2.75, 3.05) is 39.6 Å². The van der Waals surface area contributed by atoms with Crippen molar-refractivity contribution in [1.29, 1.82) is 0 Å². The summed E-state index contributed by atoms with van der Waals surface area (Å²) in [4.78, 5) is 71.5. The van der Waals surface area contributed by atoms with E-state index in [9.17, 15) is 43.2 Å². The summed E-state index contributed by atoms with van der Waals surface area (Å²) in [7, 11) is -9.86. The summed E-state index contributed by atoms with van der Waals surface area (Å²) in [5.41, 5.74) is 0. The molecule has 3 N–H and O–H groups in total. The molecule has 0 radical (unpaired) electrons. The Morgan fingerprint density at radius 2 is 0.597 bits per heavy atom. The van der Waals surface area contributed by atoms with E-state index in [1.807, 2.05) is 0 Å². The van der Waals surface area contributed by atoms with Crippen LogP contribution in [0.15, 0.2) is 0 Å². The van der Waals surface area contributed by atoms with E-state index in [-0.39, 0.29) is 25.7 Å². The Hall–Kier alpha value is -1.94. The molecule has 0 saturated heterocycles. The Bertz CT molecular complexity index is 1520. The lowest BCUT2D eigenvalue weighted by atomic mass is 10.0. The molecule has 0 aliphatic carbocycles. The van der Waals surface area contributed by atoms with Gasteiger partial charge in [0.15, 0.2) is 12.2 Å². The first-order valence-corrected chi connectivity index (χ1v) is 33.6. The normalized spacial score (nSPS) is 14.4. The molecule has 17 nitrogen and oxygen atoms in total. The van der Waals surface area contributed by atoms with Crippen LogP contribution in [-0.2, 0) is 65.4 Å². The van der Waals surface area contributed by atoms with E-state index in [0.717, 1.165) is 115 Å². The maximum Gasteiger partial charge on any atom is 0.472 e. The van der Waals surface area contributed by atoms with Gasteiger partial charge < -0.3 is 33.8 Å². The molecular formula is C58H112O17P2. The summed E-state index contributed by atoms with van der Waals surface area (Å²) >= 11 is 0. The van der Waals surface area contributed by atoms with Crippen molar-refractivity contribution in [1.82, 2.24) is 0 Å². The van der Waals surface area contributed by atoms with Gasteiger partial charge in [-0.1, -0.05) is 234 Å². The summed E-state index contributed by atoms with van der Waals surface area (Å²) in [6.07, 6.45) is 33.9. The van der Waals surface area contributed by atoms with E-state index in [1.54, 1.807) is 0 Å². The van der Waals surface area contributed by atoms with Gasteiger partial charge in [0, 0.05) is 25.7 Å². The molecule has 0 saturated carbocycles. The van der Waals surface area contributed by atoms with Gasteiger partial charge in [0.2, 0.25) is 0 Å². The van der Waals surface area contributed by atoms with E-state index in [1.165, 1.54) is 89.9 Å². The van der Waals surface area contributed by atoms with Crippen LogP contribution in [-0.4, -0.2) is 96.7 Å². The summed E-state index contributed by atoms with van der Waals surface area (Å²) < 4.78 is 67.4. The summed E-state index contributed by atoms with van der Waals surface area (Å²) in [5.74, 6) is -1.38. The standard InChI is InChI=1S/C58H112O17P2/c1-6-9-12-15-17-18-24-28-32-37-42-56(61)69-48-54(75-58(63)44-39-34-29-25-22-20-19-21-23-27-31-35-40-51(4)5)50-73-77(66,67)71-46-52(59)45-70-76(64,65)72-49-53(47-68-55(60)41-36-30-14-11-8-3)74-57(62)43-38-33-26-16-13-10-7-2/h51-54,59H,6-50H2,1-5H3,(H,64,65)(H,66,67)/t52-,53+,54+/m0/s1. The molecular weight excluding hydrogens is 1030 g/mol. The van der Waals surface area contributed by atoms with E-state index in [0.29, 0.717) is 25.7 Å². The second-order valence-corrected chi connectivity index (χ2v) is 24.4. The number of unbranched alkanes of at least 4 members (excludes halogenated alkanes) is 30. The Balaban J connectivity index is 5.15. The van der Waals surface area contributed by atoms with E-state index in [2.05, 4.69) is 34.6 Å². The molecule has 0 aromatic carbocycles. The van der Waals surface area contributed by atoms with Crippen LogP contribution in [0.2, 0.25) is 0 Å². The SMILES string of the molecule is CCCCCCCCCCCCC(=O)OC[C@H](COP(=O)(O)OC[C@@H](O)COP(=O)(O)OC[C@@H](COC(=O)CCCCCCC)OC(=O)CCCCCCCCC)OC(=O)CCCCCCCCCCCCCCC(C)C. The van der Waals surface area contributed by atoms with Gasteiger partial charge in [0.25, 0.3) is 0 Å². The largest absolute Gasteiger partial charge is 0.472 e. The second kappa shape index (κ2) is 52.2. The molecule has 0 spiro atoms. The predicted molar refractivity (Wildman–Crippen MR) is 303 cm³/mol. The molecule has 0 heterocycles. The fourth-order valence-electron chi connectivity index (χ4n) is 8.52. The molecule has 456 valence electrons. The molecule has 0 rings (SSSR count). The first kappa shape index (κ1) is 75.1. The highest BCUT2D eigenvalue weighted by molar-refractivity contribution is 7.47. The van der Waals surface area contributed by atoms with Gasteiger partial charge >= 0.3 is 39.5 Å². The van der Waals surface area contributed by atoms with Crippen molar-refractivity contribution in [3.05, 3.63) is 0 Å². The van der Waals surface area contributed by atoms with Crippen LogP contribution >= 0.6 is 15.6 Å². The number of hydrogen-bond donors (Lipinski definition) is 3. The Kier molecular flexibility index (Phi) is 50.8. The lowest BCUT2D eigenvalue weighted by Gasteiger charge is -2.21. The van der Waals surface area contributed by atoms with Gasteiger partial charge in [-0.15, -0.1) is 0 Å². The molecule has 2 unspecified atom stereocenters. The highest BCUT2D eigenvalue weighted by Crippen LogP contribution is 2.45. The smallest absolute Gasteiger partial charge is 0.462 e. The van der Waals surface area contributed by atoms with Crippen LogP contribution < -0.4 is 0 Å². The molecule has 0 bridgehead atoms. The number of carbonyl (C=O) groups is 4. The van der Waals surface area contributed by atoms with Crippen LogP contribution in [0.3, 0.4) is 0 Å². The summed E-state index contributed by atoms with van der Waals surface area (Å²) in [6, 6.07) is 0. The minimum absolute atomic E-state index is 0.103. The molecule has 0 aromatic rings. The number of carbonyl (C=O) groups excluding carboxylic acids is 4.